The van der Waals surface area contributed by atoms with E-state index in [9.17, 15) is 0 Å². The Labute approximate surface area is 182 Å². The third kappa shape index (κ3) is 6.73. The average molecular weight is 436 g/mol. The molecule has 29 heavy (non-hydrogen) atoms. The topological polar surface area (TPSA) is 68.7 Å². The largest absolute Gasteiger partial charge is 0.356 e. The van der Waals surface area contributed by atoms with Crippen LogP contribution in [0.25, 0.3) is 0 Å². The zero-order valence-electron chi connectivity index (χ0n) is 16.6. The summed E-state index contributed by atoms with van der Waals surface area (Å²) in [6.07, 6.45) is 4.63. The summed E-state index contributed by atoms with van der Waals surface area (Å²) in [5, 5.41) is 7.93. The standard InChI is InChI=1S/C20H27Cl2N7/c1-23-19(27-15-16-4-5-17(21)14-18(16)22)24-8-3-9-28-10-12-29(13-11-28)20-25-6-2-7-26-20/h2,4-7,14H,3,8-13,15H2,1H3,(H2,23,24,27). The second kappa shape index (κ2) is 11.2. The van der Waals surface area contributed by atoms with Gasteiger partial charge in [-0.05, 0) is 36.7 Å². The molecule has 0 saturated carbocycles. The van der Waals surface area contributed by atoms with Gasteiger partial charge in [0, 0.05) is 68.8 Å². The zero-order valence-corrected chi connectivity index (χ0v) is 18.1. The lowest BCUT2D eigenvalue weighted by atomic mass is 10.2. The predicted molar refractivity (Wildman–Crippen MR) is 120 cm³/mol. The lowest BCUT2D eigenvalue weighted by Gasteiger charge is -2.34. The van der Waals surface area contributed by atoms with E-state index in [0.29, 0.717) is 16.6 Å². The summed E-state index contributed by atoms with van der Waals surface area (Å²) < 4.78 is 0. The first kappa shape index (κ1) is 21.6. The SMILES string of the molecule is CN=C(NCCCN1CCN(c2ncccn2)CC1)NCc1ccc(Cl)cc1Cl. The third-order valence-corrected chi connectivity index (χ3v) is 5.42. The van der Waals surface area contributed by atoms with Crippen LogP contribution in [-0.4, -0.2) is 67.1 Å². The minimum atomic E-state index is 0.596. The molecule has 2 heterocycles. The van der Waals surface area contributed by atoms with Crippen LogP contribution in [0.3, 0.4) is 0 Å². The third-order valence-electron chi connectivity index (χ3n) is 4.84. The molecule has 1 aliphatic heterocycles. The molecule has 0 aliphatic carbocycles. The van der Waals surface area contributed by atoms with E-state index in [1.807, 2.05) is 18.2 Å². The van der Waals surface area contributed by atoms with Crippen molar-refractivity contribution in [3.63, 3.8) is 0 Å². The van der Waals surface area contributed by atoms with Gasteiger partial charge in [0.25, 0.3) is 0 Å². The highest BCUT2D eigenvalue weighted by Crippen LogP contribution is 2.20. The Morgan fingerprint density at radius 1 is 1.10 bits per heavy atom. The van der Waals surface area contributed by atoms with Gasteiger partial charge >= 0.3 is 0 Å². The molecule has 7 nitrogen and oxygen atoms in total. The lowest BCUT2D eigenvalue weighted by Crippen LogP contribution is -2.47. The van der Waals surface area contributed by atoms with Crippen LogP contribution in [0.1, 0.15) is 12.0 Å². The molecule has 0 amide bonds. The van der Waals surface area contributed by atoms with E-state index < -0.39 is 0 Å². The van der Waals surface area contributed by atoms with E-state index in [1.165, 1.54) is 0 Å². The fourth-order valence-electron chi connectivity index (χ4n) is 3.20. The van der Waals surface area contributed by atoms with Crippen LogP contribution in [0.15, 0.2) is 41.7 Å². The van der Waals surface area contributed by atoms with Gasteiger partial charge in [0.15, 0.2) is 5.96 Å². The van der Waals surface area contributed by atoms with Crippen molar-refractivity contribution in [2.75, 3.05) is 51.2 Å². The number of benzene rings is 1. The quantitative estimate of drug-likeness (QED) is 0.395. The fourth-order valence-corrected chi connectivity index (χ4v) is 3.68. The van der Waals surface area contributed by atoms with Crippen LogP contribution in [-0.2, 0) is 6.54 Å². The van der Waals surface area contributed by atoms with Crippen molar-refractivity contribution in [3.8, 4) is 0 Å². The number of rotatable bonds is 7. The summed E-state index contributed by atoms with van der Waals surface area (Å²) in [5.74, 6) is 1.59. The van der Waals surface area contributed by atoms with Gasteiger partial charge in [-0.15, -0.1) is 0 Å². The highest BCUT2D eigenvalue weighted by Gasteiger charge is 2.18. The molecule has 0 atom stereocenters. The number of anilines is 1. The van der Waals surface area contributed by atoms with E-state index in [0.717, 1.165) is 63.2 Å². The van der Waals surface area contributed by atoms with E-state index >= 15 is 0 Å². The Morgan fingerprint density at radius 3 is 2.55 bits per heavy atom. The molecule has 1 saturated heterocycles. The van der Waals surface area contributed by atoms with E-state index in [-0.39, 0.29) is 0 Å². The van der Waals surface area contributed by atoms with Crippen molar-refractivity contribution >= 4 is 35.1 Å². The Hall–Kier alpha value is -2.09. The average Bonchev–Trinajstić information content (AvgIpc) is 2.75. The van der Waals surface area contributed by atoms with E-state index in [1.54, 1.807) is 25.5 Å². The molecule has 0 unspecified atom stereocenters. The van der Waals surface area contributed by atoms with Gasteiger partial charge in [-0.25, -0.2) is 9.97 Å². The lowest BCUT2D eigenvalue weighted by molar-refractivity contribution is 0.254. The summed E-state index contributed by atoms with van der Waals surface area (Å²) >= 11 is 12.2. The Bertz CT molecular complexity index is 793. The van der Waals surface area contributed by atoms with Gasteiger partial charge in [-0.3, -0.25) is 9.89 Å². The zero-order chi connectivity index (χ0) is 20.5. The smallest absolute Gasteiger partial charge is 0.225 e. The number of halogens is 2. The van der Waals surface area contributed by atoms with E-state index in [4.69, 9.17) is 23.2 Å². The van der Waals surface area contributed by atoms with Crippen LogP contribution in [0.2, 0.25) is 10.0 Å². The van der Waals surface area contributed by atoms with Crippen LogP contribution in [0.5, 0.6) is 0 Å². The molecule has 1 aromatic heterocycles. The maximum Gasteiger partial charge on any atom is 0.225 e. The maximum absolute atomic E-state index is 6.22. The molecule has 0 spiro atoms. The van der Waals surface area contributed by atoms with Gasteiger partial charge in [0.2, 0.25) is 5.95 Å². The molecule has 3 rings (SSSR count). The fraction of sp³-hybridized carbons (Fsp3) is 0.450. The van der Waals surface area contributed by atoms with Gasteiger partial charge in [-0.1, -0.05) is 29.3 Å². The molecule has 9 heteroatoms. The van der Waals surface area contributed by atoms with Crippen molar-refractivity contribution in [1.82, 2.24) is 25.5 Å². The summed E-state index contributed by atoms with van der Waals surface area (Å²) in [7, 11) is 1.77. The summed E-state index contributed by atoms with van der Waals surface area (Å²) in [6.45, 7) is 6.48. The van der Waals surface area contributed by atoms with Gasteiger partial charge < -0.3 is 15.5 Å². The van der Waals surface area contributed by atoms with Crippen LogP contribution >= 0.6 is 23.2 Å². The molecule has 0 bridgehead atoms. The van der Waals surface area contributed by atoms with Crippen molar-refractivity contribution in [1.29, 1.82) is 0 Å². The first-order chi connectivity index (χ1) is 14.2. The molecule has 156 valence electrons. The summed E-state index contributed by atoms with van der Waals surface area (Å²) in [6, 6.07) is 7.36. The van der Waals surface area contributed by atoms with Gasteiger partial charge in [0.05, 0.1) is 0 Å². The second-order valence-corrected chi connectivity index (χ2v) is 7.66. The number of aromatic nitrogens is 2. The molecule has 2 aromatic rings. The highest BCUT2D eigenvalue weighted by molar-refractivity contribution is 6.35. The molecule has 2 N–H and O–H groups in total. The normalized spacial score (nSPS) is 15.4. The van der Waals surface area contributed by atoms with Crippen LogP contribution < -0.4 is 15.5 Å². The molecule has 1 aliphatic rings. The highest BCUT2D eigenvalue weighted by atomic mass is 35.5. The second-order valence-electron chi connectivity index (χ2n) is 6.82. The minimum absolute atomic E-state index is 0.596. The summed E-state index contributed by atoms with van der Waals surface area (Å²) in [5.41, 5.74) is 0.985. The number of guanidine groups is 1. The molecular weight excluding hydrogens is 409 g/mol. The Morgan fingerprint density at radius 2 is 1.86 bits per heavy atom. The number of nitrogens with zero attached hydrogens (tertiary/aromatic N) is 5. The van der Waals surface area contributed by atoms with Gasteiger partial charge in [0.1, 0.15) is 0 Å². The minimum Gasteiger partial charge on any atom is -0.356 e. The molecular formula is C20H27Cl2N7. The predicted octanol–water partition coefficient (Wildman–Crippen LogP) is 2.66. The van der Waals surface area contributed by atoms with E-state index in [2.05, 4.69) is 35.4 Å². The molecule has 1 aromatic carbocycles. The van der Waals surface area contributed by atoms with Crippen molar-refractivity contribution < 1.29 is 0 Å². The number of aliphatic imine (C=N–C) groups is 1. The Kier molecular flexibility index (Phi) is 8.34. The first-order valence-corrected chi connectivity index (χ1v) is 10.5. The van der Waals surface area contributed by atoms with Crippen LogP contribution in [0.4, 0.5) is 5.95 Å². The van der Waals surface area contributed by atoms with Crippen molar-refractivity contribution in [3.05, 3.63) is 52.3 Å². The first-order valence-electron chi connectivity index (χ1n) is 9.78. The monoisotopic (exact) mass is 435 g/mol. The number of piperazine rings is 1. The number of nitrogens with one attached hydrogen (secondary N) is 2. The van der Waals surface area contributed by atoms with Crippen LogP contribution in [0, 0.1) is 0 Å². The number of hydrogen-bond donors (Lipinski definition) is 2. The van der Waals surface area contributed by atoms with Crippen molar-refractivity contribution in [2.24, 2.45) is 4.99 Å². The van der Waals surface area contributed by atoms with Gasteiger partial charge in [-0.2, -0.15) is 0 Å². The number of hydrogen-bond acceptors (Lipinski definition) is 5. The van der Waals surface area contributed by atoms with Crippen molar-refractivity contribution in [2.45, 2.75) is 13.0 Å². The molecule has 0 radical (unpaired) electrons. The maximum atomic E-state index is 6.22. The Balaban J connectivity index is 1.32. The summed E-state index contributed by atoms with van der Waals surface area (Å²) in [4.78, 5) is 17.6. The molecule has 1 fully saturated rings.